The third-order valence-corrected chi connectivity index (χ3v) is 6.60. The number of thioether (sulfide) groups is 1. The summed E-state index contributed by atoms with van der Waals surface area (Å²) >= 11 is 3.46. The predicted octanol–water partition coefficient (Wildman–Crippen LogP) is 4.13. The molecule has 4 nitrogen and oxygen atoms in total. The lowest BCUT2D eigenvalue weighted by molar-refractivity contribution is -0.0295. The summed E-state index contributed by atoms with van der Waals surface area (Å²) in [5, 5.41) is 5.16. The standard InChI is InChI=1S/C21H28N2O2S2/c1-16(2)13-23-9-10-25-17(14-23)12-22-21(24)19-7-3-4-8-20(19)27-15-18-6-5-11-26-18/h3-8,11,16-17H,9-10,12-15H2,1-2H3,(H,22,24). The number of nitrogens with zero attached hydrogens (tertiary/aromatic N) is 1. The fourth-order valence-corrected chi connectivity index (χ4v) is 5.03. The van der Waals surface area contributed by atoms with Crippen LogP contribution in [0.2, 0.25) is 0 Å². The molecule has 1 aliphatic rings. The molecular formula is C21H28N2O2S2. The lowest BCUT2D eigenvalue weighted by atomic mass is 10.1. The van der Waals surface area contributed by atoms with E-state index in [-0.39, 0.29) is 12.0 Å². The van der Waals surface area contributed by atoms with Gasteiger partial charge in [-0.3, -0.25) is 9.69 Å². The number of carbonyl (C=O) groups excluding carboxylic acids is 1. The number of benzene rings is 1. The Kier molecular flexibility index (Phi) is 7.76. The molecule has 1 fully saturated rings. The van der Waals surface area contributed by atoms with E-state index in [4.69, 9.17) is 4.74 Å². The van der Waals surface area contributed by atoms with Crippen LogP contribution in [-0.4, -0.2) is 49.7 Å². The number of thiophene rings is 1. The van der Waals surface area contributed by atoms with E-state index in [9.17, 15) is 4.79 Å². The van der Waals surface area contributed by atoms with E-state index in [0.717, 1.165) is 42.5 Å². The molecule has 146 valence electrons. The topological polar surface area (TPSA) is 41.6 Å². The van der Waals surface area contributed by atoms with Gasteiger partial charge in [-0.1, -0.05) is 32.0 Å². The summed E-state index contributed by atoms with van der Waals surface area (Å²) in [5.74, 6) is 1.51. The average Bonchev–Trinajstić information content (AvgIpc) is 3.18. The van der Waals surface area contributed by atoms with Crippen molar-refractivity contribution in [1.29, 1.82) is 0 Å². The number of carbonyl (C=O) groups is 1. The maximum Gasteiger partial charge on any atom is 0.252 e. The van der Waals surface area contributed by atoms with Gasteiger partial charge in [0.1, 0.15) is 0 Å². The lowest BCUT2D eigenvalue weighted by Gasteiger charge is -2.34. The second kappa shape index (κ2) is 10.3. The zero-order valence-corrected chi connectivity index (χ0v) is 17.7. The Morgan fingerprint density at radius 2 is 2.19 bits per heavy atom. The van der Waals surface area contributed by atoms with E-state index in [1.165, 1.54) is 4.88 Å². The van der Waals surface area contributed by atoms with Gasteiger partial charge in [0.15, 0.2) is 0 Å². The number of morpholine rings is 1. The van der Waals surface area contributed by atoms with Crippen molar-refractivity contribution in [2.45, 2.75) is 30.6 Å². The molecule has 0 bridgehead atoms. The van der Waals surface area contributed by atoms with Gasteiger partial charge in [0, 0.05) is 41.7 Å². The highest BCUT2D eigenvalue weighted by Crippen LogP contribution is 2.28. The van der Waals surface area contributed by atoms with Crippen molar-refractivity contribution >= 4 is 29.0 Å². The van der Waals surface area contributed by atoms with Crippen molar-refractivity contribution in [3.05, 3.63) is 52.2 Å². The Hall–Kier alpha value is -1.34. The Labute approximate surface area is 170 Å². The normalized spacial score (nSPS) is 18.0. The summed E-state index contributed by atoms with van der Waals surface area (Å²) in [5.41, 5.74) is 0.744. The summed E-state index contributed by atoms with van der Waals surface area (Å²) in [7, 11) is 0. The molecule has 6 heteroatoms. The first kappa shape index (κ1) is 20.4. The SMILES string of the molecule is CC(C)CN1CCOC(CNC(=O)c2ccccc2SCc2cccs2)C1. The van der Waals surface area contributed by atoms with Crippen LogP contribution in [0.3, 0.4) is 0 Å². The predicted molar refractivity (Wildman–Crippen MR) is 114 cm³/mol. The van der Waals surface area contributed by atoms with Crippen molar-refractivity contribution in [2.75, 3.05) is 32.8 Å². The molecule has 1 amide bonds. The van der Waals surface area contributed by atoms with E-state index in [1.54, 1.807) is 23.1 Å². The molecule has 0 spiro atoms. The lowest BCUT2D eigenvalue weighted by Crippen LogP contribution is -2.48. The van der Waals surface area contributed by atoms with Gasteiger partial charge < -0.3 is 10.1 Å². The van der Waals surface area contributed by atoms with E-state index >= 15 is 0 Å². The van der Waals surface area contributed by atoms with E-state index in [1.807, 2.05) is 24.3 Å². The van der Waals surface area contributed by atoms with Crippen LogP contribution in [0.15, 0.2) is 46.7 Å². The van der Waals surface area contributed by atoms with Gasteiger partial charge in [-0.2, -0.15) is 0 Å². The fourth-order valence-electron chi connectivity index (χ4n) is 3.21. The number of nitrogens with one attached hydrogen (secondary N) is 1. The average molecular weight is 405 g/mol. The highest BCUT2D eigenvalue weighted by molar-refractivity contribution is 7.98. The molecule has 27 heavy (non-hydrogen) atoms. The third kappa shape index (κ3) is 6.35. The van der Waals surface area contributed by atoms with E-state index in [2.05, 4.69) is 41.6 Å². The summed E-state index contributed by atoms with van der Waals surface area (Å²) in [6.45, 7) is 8.69. The molecule has 1 atom stereocenters. The van der Waals surface area contributed by atoms with Crippen molar-refractivity contribution in [3.8, 4) is 0 Å². The van der Waals surface area contributed by atoms with Crippen LogP contribution in [0, 0.1) is 5.92 Å². The van der Waals surface area contributed by atoms with Gasteiger partial charge in [-0.05, 0) is 29.5 Å². The van der Waals surface area contributed by atoms with Crippen molar-refractivity contribution < 1.29 is 9.53 Å². The molecule has 1 N–H and O–H groups in total. The van der Waals surface area contributed by atoms with Crippen molar-refractivity contribution in [2.24, 2.45) is 5.92 Å². The maximum absolute atomic E-state index is 12.7. The van der Waals surface area contributed by atoms with Gasteiger partial charge >= 0.3 is 0 Å². The van der Waals surface area contributed by atoms with Crippen molar-refractivity contribution in [1.82, 2.24) is 10.2 Å². The molecule has 2 aromatic rings. The maximum atomic E-state index is 12.7. The van der Waals surface area contributed by atoms with Crippen LogP contribution in [0.1, 0.15) is 29.1 Å². The van der Waals surface area contributed by atoms with Crippen LogP contribution in [0.4, 0.5) is 0 Å². The molecular weight excluding hydrogens is 376 g/mol. The van der Waals surface area contributed by atoms with Gasteiger partial charge in [-0.25, -0.2) is 0 Å². The monoisotopic (exact) mass is 404 g/mol. The molecule has 3 rings (SSSR count). The first-order chi connectivity index (χ1) is 13.1. The Morgan fingerprint density at radius 1 is 1.33 bits per heavy atom. The van der Waals surface area contributed by atoms with Gasteiger partial charge in [-0.15, -0.1) is 23.1 Å². The minimum absolute atomic E-state index is 0.0196. The van der Waals surface area contributed by atoms with E-state index < -0.39 is 0 Å². The Balaban J connectivity index is 1.53. The molecule has 1 aromatic heterocycles. The van der Waals surface area contributed by atoms with Crippen LogP contribution in [0.25, 0.3) is 0 Å². The summed E-state index contributed by atoms with van der Waals surface area (Å²) in [6, 6.07) is 12.0. The quantitative estimate of drug-likeness (QED) is 0.672. The summed E-state index contributed by atoms with van der Waals surface area (Å²) in [6.07, 6.45) is 0.0624. The fraction of sp³-hybridized carbons (Fsp3) is 0.476. The number of ether oxygens (including phenoxy) is 1. The van der Waals surface area contributed by atoms with Crippen LogP contribution < -0.4 is 5.32 Å². The second-order valence-corrected chi connectivity index (χ2v) is 9.27. The molecule has 1 aromatic carbocycles. The zero-order chi connectivity index (χ0) is 19.1. The summed E-state index contributed by atoms with van der Waals surface area (Å²) < 4.78 is 5.84. The first-order valence-electron chi connectivity index (χ1n) is 9.48. The molecule has 0 saturated carbocycles. The Bertz CT molecular complexity index is 719. The largest absolute Gasteiger partial charge is 0.374 e. The molecule has 1 saturated heterocycles. The second-order valence-electron chi connectivity index (χ2n) is 7.22. The van der Waals surface area contributed by atoms with Gasteiger partial charge in [0.2, 0.25) is 0 Å². The number of rotatable bonds is 8. The minimum Gasteiger partial charge on any atom is -0.374 e. The van der Waals surface area contributed by atoms with Crippen LogP contribution in [-0.2, 0) is 10.5 Å². The minimum atomic E-state index is -0.0196. The number of hydrogen-bond donors (Lipinski definition) is 1. The van der Waals surface area contributed by atoms with Crippen molar-refractivity contribution in [3.63, 3.8) is 0 Å². The molecule has 1 aliphatic heterocycles. The third-order valence-electron chi connectivity index (χ3n) is 4.42. The van der Waals surface area contributed by atoms with Crippen LogP contribution >= 0.6 is 23.1 Å². The highest BCUT2D eigenvalue weighted by atomic mass is 32.2. The van der Waals surface area contributed by atoms with Crippen LogP contribution in [0.5, 0.6) is 0 Å². The van der Waals surface area contributed by atoms with Gasteiger partial charge in [0.25, 0.3) is 5.91 Å². The number of hydrogen-bond acceptors (Lipinski definition) is 5. The molecule has 2 heterocycles. The molecule has 1 unspecified atom stereocenters. The molecule has 0 aliphatic carbocycles. The van der Waals surface area contributed by atoms with E-state index in [0.29, 0.717) is 12.5 Å². The first-order valence-corrected chi connectivity index (χ1v) is 11.3. The summed E-state index contributed by atoms with van der Waals surface area (Å²) in [4.78, 5) is 17.5. The zero-order valence-electron chi connectivity index (χ0n) is 16.0. The smallest absolute Gasteiger partial charge is 0.252 e. The molecule has 0 radical (unpaired) electrons. The Morgan fingerprint density at radius 3 is 2.96 bits per heavy atom. The number of amides is 1. The van der Waals surface area contributed by atoms with Gasteiger partial charge in [0.05, 0.1) is 18.3 Å². The highest BCUT2D eigenvalue weighted by Gasteiger charge is 2.22.